The second-order valence-electron chi connectivity index (χ2n) is 8.11. The van der Waals surface area contributed by atoms with Gasteiger partial charge in [-0.05, 0) is 48.5 Å². The number of nitrogens with one attached hydrogen (secondary N) is 2. The molecule has 0 saturated carbocycles. The number of hydrogen-bond donors (Lipinski definition) is 2. The van der Waals surface area contributed by atoms with Gasteiger partial charge in [-0.2, -0.15) is 39.5 Å². The number of carbonyl (C=O) groups excluding carboxylic acids is 2. The summed E-state index contributed by atoms with van der Waals surface area (Å²) in [5, 5.41) is 1.88. The third-order valence-electron chi connectivity index (χ3n) is 5.41. The fraction of sp³-hybridized carbons (Fsp3) is 0.167. The van der Waals surface area contributed by atoms with Gasteiger partial charge in [0.15, 0.2) is 5.82 Å². The van der Waals surface area contributed by atoms with Crippen LogP contribution in [-0.2, 0) is 11.8 Å². The first-order valence-corrected chi connectivity index (χ1v) is 11.0. The number of halogens is 13. The lowest BCUT2D eigenvalue weighted by Crippen LogP contribution is -2.50. The van der Waals surface area contributed by atoms with Crippen LogP contribution >= 0.6 is 11.6 Å². The highest BCUT2D eigenvalue weighted by molar-refractivity contribution is 6.34. The van der Waals surface area contributed by atoms with E-state index in [0.717, 1.165) is 36.4 Å². The van der Waals surface area contributed by atoms with Gasteiger partial charge in [-0.15, -0.1) is 0 Å². The molecule has 220 valence electrons. The molecule has 17 heteroatoms. The lowest BCUT2D eigenvalue weighted by Gasteiger charge is -2.31. The number of hydrogen-bond acceptors (Lipinski definition) is 2. The zero-order valence-electron chi connectivity index (χ0n) is 19.4. The molecule has 0 radical (unpaired) electrons. The average molecular weight is 623 g/mol. The smallest absolute Gasteiger partial charge is 0.320 e. The summed E-state index contributed by atoms with van der Waals surface area (Å²) in [6, 6.07) is 5.18. The van der Waals surface area contributed by atoms with Gasteiger partial charge >= 0.3 is 24.2 Å². The topological polar surface area (TPSA) is 58.2 Å². The quantitative estimate of drug-likeness (QED) is 0.281. The normalized spacial score (nSPS) is 12.7. The van der Waals surface area contributed by atoms with Crippen molar-refractivity contribution in [1.82, 2.24) is 0 Å². The summed E-state index contributed by atoms with van der Waals surface area (Å²) in [6.45, 7) is 0. The minimum absolute atomic E-state index is 0.163. The van der Waals surface area contributed by atoms with Gasteiger partial charge in [0, 0.05) is 11.1 Å². The minimum atomic E-state index is -6.77. The van der Waals surface area contributed by atoms with Crippen LogP contribution in [0.3, 0.4) is 0 Å². The standard InChI is InChI=1S/C24H11ClF12N2O2/c25-15-9-11(21(28,23(32,33)34)24(35,36)37)8-14(22(29,30)31)18(15)39-20(41)13-2-1-3-16(17(13)27)38-19(40)10-4-6-12(26)7-5-10/h1-9H,(H,38,40)(H,39,41). The Morgan fingerprint density at radius 3 is 1.78 bits per heavy atom. The summed E-state index contributed by atoms with van der Waals surface area (Å²) >= 11 is 5.50. The average Bonchev–Trinajstić information content (AvgIpc) is 2.84. The summed E-state index contributed by atoms with van der Waals surface area (Å²) in [7, 11) is 0. The Kier molecular flexibility index (Phi) is 8.31. The molecule has 0 aliphatic heterocycles. The molecule has 0 heterocycles. The molecule has 0 aliphatic carbocycles. The molecule has 3 aromatic rings. The molecule has 2 amide bonds. The fourth-order valence-electron chi connectivity index (χ4n) is 3.42. The molecule has 0 aliphatic rings. The highest BCUT2D eigenvalue weighted by Gasteiger charge is 2.73. The Morgan fingerprint density at radius 2 is 1.27 bits per heavy atom. The molecule has 0 saturated heterocycles. The maximum Gasteiger partial charge on any atom is 0.435 e. The Labute approximate surface area is 225 Å². The van der Waals surface area contributed by atoms with Gasteiger partial charge in [0.1, 0.15) is 5.82 Å². The monoisotopic (exact) mass is 622 g/mol. The van der Waals surface area contributed by atoms with Crippen LogP contribution in [0.5, 0.6) is 0 Å². The van der Waals surface area contributed by atoms with E-state index in [4.69, 9.17) is 11.6 Å². The first-order chi connectivity index (χ1) is 18.7. The van der Waals surface area contributed by atoms with Crippen molar-refractivity contribution in [3.8, 4) is 0 Å². The Bertz CT molecular complexity index is 1470. The number of amides is 2. The van der Waals surface area contributed by atoms with E-state index < -0.39 is 92.9 Å². The SMILES string of the molecule is O=C(Nc1cccc(C(=O)Nc2c(Cl)cc(C(F)(C(F)(F)F)C(F)(F)F)cc2C(F)(F)F)c1F)c1ccc(F)cc1. The second-order valence-corrected chi connectivity index (χ2v) is 8.52. The summed E-state index contributed by atoms with van der Waals surface area (Å²) in [5.74, 6) is -4.97. The second kappa shape index (κ2) is 10.8. The van der Waals surface area contributed by atoms with Crippen LogP contribution < -0.4 is 10.6 Å². The molecule has 0 atom stereocenters. The molecular formula is C24H11ClF12N2O2. The van der Waals surface area contributed by atoms with Crippen molar-refractivity contribution in [2.24, 2.45) is 0 Å². The van der Waals surface area contributed by atoms with Gasteiger partial charge in [-0.25, -0.2) is 13.2 Å². The summed E-state index contributed by atoms with van der Waals surface area (Å²) < 4.78 is 162. The van der Waals surface area contributed by atoms with E-state index in [2.05, 4.69) is 0 Å². The first-order valence-electron chi connectivity index (χ1n) is 10.6. The third-order valence-corrected chi connectivity index (χ3v) is 5.71. The van der Waals surface area contributed by atoms with E-state index in [1.165, 1.54) is 5.32 Å². The zero-order valence-corrected chi connectivity index (χ0v) is 20.2. The Balaban J connectivity index is 2.04. The molecule has 0 fully saturated rings. The van der Waals surface area contributed by atoms with E-state index >= 15 is 0 Å². The minimum Gasteiger partial charge on any atom is -0.320 e. The zero-order chi connectivity index (χ0) is 31.1. The predicted molar refractivity (Wildman–Crippen MR) is 120 cm³/mol. The third kappa shape index (κ3) is 6.21. The van der Waals surface area contributed by atoms with Gasteiger partial charge in [0.2, 0.25) is 0 Å². The molecule has 3 aromatic carbocycles. The van der Waals surface area contributed by atoms with Crippen molar-refractivity contribution < 1.29 is 62.3 Å². The fourth-order valence-corrected chi connectivity index (χ4v) is 3.69. The van der Waals surface area contributed by atoms with Crippen LogP contribution in [-0.4, -0.2) is 24.2 Å². The number of anilines is 2. The molecule has 3 rings (SSSR count). The number of rotatable bonds is 5. The lowest BCUT2D eigenvalue weighted by molar-refractivity contribution is -0.348. The highest BCUT2D eigenvalue weighted by Crippen LogP contribution is 2.55. The van der Waals surface area contributed by atoms with E-state index in [1.807, 2.05) is 5.32 Å². The first kappa shape index (κ1) is 31.6. The highest BCUT2D eigenvalue weighted by atomic mass is 35.5. The molecule has 2 N–H and O–H groups in total. The number of alkyl halides is 10. The molecular weight excluding hydrogens is 612 g/mol. The van der Waals surface area contributed by atoms with Crippen molar-refractivity contribution in [1.29, 1.82) is 0 Å². The summed E-state index contributed by atoms with van der Waals surface area (Å²) in [4.78, 5) is 24.9. The Hall–Kier alpha value is -3.95. The Morgan fingerprint density at radius 1 is 0.707 bits per heavy atom. The maximum atomic E-state index is 15.0. The van der Waals surface area contributed by atoms with Crippen LogP contribution in [0.15, 0.2) is 54.6 Å². The van der Waals surface area contributed by atoms with Crippen molar-refractivity contribution >= 4 is 34.8 Å². The maximum absolute atomic E-state index is 15.0. The van der Waals surface area contributed by atoms with Crippen molar-refractivity contribution in [3.63, 3.8) is 0 Å². The van der Waals surface area contributed by atoms with Crippen LogP contribution in [0.4, 0.5) is 64.1 Å². The van der Waals surface area contributed by atoms with E-state index in [-0.39, 0.29) is 5.56 Å². The largest absolute Gasteiger partial charge is 0.435 e. The van der Waals surface area contributed by atoms with Gasteiger partial charge in [0.05, 0.1) is 27.5 Å². The van der Waals surface area contributed by atoms with E-state index in [0.29, 0.717) is 6.07 Å². The van der Waals surface area contributed by atoms with Gasteiger partial charge in [-0.3, -0.25) is 9.59 Å². The lowest BCUT2D eigenvalue weighted by atomic mass is 9.91. The van der Waals surface area contributed by atoms with E-state index in [1.54, 1.807) is 0 Å². The van der Waals surface area contributed by atoms with Crippen molar-refractivity contribution in [2.45, 2.75) is 24.2 Å². The molecule has 0 aromatic heterocycles. The predicted octanol–water partition coefficient (Wildman–Crippen LogP) is 8.43. The molecule has 0 bridgehead atoms. The van der Waals surface area contributed by atoms with Gasteiger partial charge in [-0.1, -0.05) is 17.7 Å². The van der Waals surface area contributed by atoms with Crippen molar-refractivity contribution in [2.75, 3.05) is 10.6 Å². The van der Waals surface area contributed by atoms with E-state index in [9.17, 15) is 62.3 Å². The van der Waals surface area contributed by atoms with Crippen LogP contribution in [0.2, 0.25) is 5.02 Å². The van der Waals surface area contributed by atoms with Crippen LogP contribution in [0, 0.1) is 11.6 Å². The molecule has 4 nitrogen and oxygen atoms in total. The molecule has 0 unspecified atom stereocenters. The molecule has 0 spiro atoms. The summed E-state index contributed by atoms with van der Waals surface area (Å²) in [6.07, 6.45) is -19.3. The molecule has 41 heavy (non-hydrogen) atoms. The van der Waals surface area contributed by atoms with Crippen LogP contribution in [0.25, 0.3) is 0 Å². The van der Waals surface area contributed by atoms with Gasteiger partial charge in [0.25, 0.3) is 11.8 Å². The number of carbonyl (C=O) groups is 2. The van der Waals surface area contributed by atoms with Crippen molar-refractivity contribution in [3.05, 3.63) is 93.5 Å². The van der Waals surface area contributed by atoms with Crippen LogP contribution in [0.1, 0.15) is 31.8 Å². The summed E-state index contributed by atoms with van der Waals surface area (Å²) in [5.41, 5.74) is -14.8. The van der Waals surface area contributed by atoms with Gasteiger partial charge < -0.3 is 10.6 Å². The number of benzene rings is 3.